The fourth-order valence-corrected chi connectivity index (χ4v) is 10.2. The molecule has 0 saturated heterocycles. The molecule has 7 aromatic rings. The first-order chi connectivity index (χ1) is 28.7. The van der Waals surface area contributed by atoms with E-state index in [1.54, 1.807) is 0 Å². The fraction of sp³-hybridized carbons (Fsp3) is 0.214. The number of hydrogen-bond donors (Lipinski definition) is 0. The van der Waals surface area contributed by atoms with Crippen molar-refractivity contribution in [1.82, 2.24) is 0 Å². The van der Waals surface area contributed by atoms with Crippen LogP contribution in [0.25, 0.3) is 0 Å². The number of aryl methyl sites for hydroxylation is 12. The van der Waals surface area contributed by atoms with E-state index in [9.17, 15) is 0 Å². The van der Waals surface area contributed by atoms with Gasteiger partial charge in [-0.15, -0.1) is 0 Å². The molecule has 0 aliphatic heterocycles. The lowest BCUT2D eigenvalue weighted by Crippen LogP contribution is -2.56. The van der Waals surface area contributed by atoms with E-state index in [4.69, 9.17) is 9.98 Å². The highest BCUT2D eigenvalue weighted by Gasteiger charge is 2.31. The van der Waals surface area contributed by atoms with E-state index in [2.05, 4.69) is 204 Å². The van der Waals surface area contributed by atoms with Gasteiger partial charge in [0, 0.05) is 12.4 Å². The first-order valence-corrected chi connectivity index (χ1v) is 21.4. The Bertz CT molecular complexity index is 2390. The van der Waals surface area contributed by atoms with Gasteiger partial charge in [-0.1, -0.05) is 197 Å². The second-order valence-electron chi connectivity index (χ2n) is 17.4. The van der Waals surface area contributed by atoms with Crippen LogP contribution >= 0.6 is 0 Å². The Kier molecular flexibility index (Phi) is 12.4. The first kappa shape index (κ1) is 42.1. The number of hydrogen-bond acceptors (Lipinski definition) is 2. The van der Waals surface area contributed by atoms with Gasteiger partial charge in [0.2, 0.25) is 13.4 Å². The molecule has 0 aliphatic carbocycles. The van der Waals surface area contributed by atoms with Gasteiger partial charge in [-0.05, 0) is 118 Å². The molecule has 0 fully saturated rings. The lowest BCUT2D eigenvalue weighted by atomic mass is 9.33. The minimum atomic E-state index is 0.0747. The van der Waals surface area contributed by atoms with Gasteiger partial charge >= 0.3 is 0 Å². The van der Waals surface area contributed by atoms with Crippen molar-refractivity contribution >= 4 is 70.0 Å². The van der Waals surface area contributed by atoms with Gasteiger partial charge in [0.1, 0.15) is 0 Å². The summed E-state index contributed by atoms with van der Waals surface area (Å²) in [5, 5.41) is 0. The molecule has 0 spiro atoms. The number of rotatable bonds is 10. The molecule has 0 atom stereocenters. The summed E-state index contributed by atoms with van der Waals surface area (Å²) in [5.41, 5.74) is 27.8. The quantitative estimate of drug-likeness (QED) is 0.0976. The molecule has 0 aliphatic rings. The SMILES string of the molecule is Cc1cc(C)c(B(c2ccccc2C=Nc2ccc(N=Cc3ccccc3B(c3c(C)cc(C)cc3C)c3c(C)cc(C)cc3C)cc2)c2c(C)cc(C)cc2C)c(C)c1. The lowest BCUT2D eigenvalue weighted by Gasteiger charge is -2.25. The molecule has 7 rings (SSSR count). The zero-order chi connectivity index (χ0) is 42.8. The molecule has 0 bridgehead atoms. The standard InChI is InChI=1S/C56H58B2N2/c1-35-25-39(5)53(40(6)26-35)57(54-41(7)27-36(2)28-42(54)8)51-19-15-13-17-47(51)33-59-49-21-23-50(24-22-49)60-34-48-18-14-16-20-52(48)58(55-43(9)29-37(3)30-44(55)10)56-45(11)31-38(4)32-46(56)12/h13-34H,1-12H3. The summed E-state index contributed by atoms with van der Waals surface area (Å²) < 4.78 is 0. The molecule has 0 radical (unpaired) electrons. The Morgan fingerprint density at radius 3 is 0.800 bits per heavy atom. The summed E-state index contributed by atoms with van der Waals surface area (Å²) in [5.74, 6) is 0. The smallest absolute Gasteiger partial charge is 0.243 e. The third-order valence-electron chi connectivity index (χ3n) is 12.3. The predicted molar refractivity (Wildman–Crippen MR) is 266 cm³/mol. The molecule has 2 nitrogen and oxygen atoms in total. The normalized spacial score (nSPS) is 11.5. The van der Waals surface area contributed by atoms with Crippen LogP contribution in [-0.4, -0.2) is 25.9 Å². The van der Waals surface area contributed by atoms with E-state index < -0.39 is 0 Å². The number of benzene rings is 7. The third-order valence-corrected chi connectivity index (χ3v) is 12.3. The summed E-state index contributed by atoms with van der Waals surface area (Å²) in [7, 11) is 0. The molecule has 0 amide bonds. The van der Waals surface area contributed by atoms with E-state index in [0.717, 1.165) is 22.5 Å². The zero-order valence-electron chi connectivity index (χ0n) is 37.8. The molecular weight excluding hydrogens is 722 g/mol. The molecule has 4 heteroatoms. The van der Waals surface area contributed by atoms with Crippen molar-refractivity contribution in [2.45, 2.75) is 83.1 Å². The maximum Gasteiger partial charge on any atom is 0.243 e. The summed E-state index contributed by atoms with van der Waals surface area (Å²) in [6, 6.07) is 44.4. The zero-order valence-corrected chi connectivity index (χ0v) is 37.8. The van der Waals surface area contributed by atoms with Crippen molar-refractivity contribution in [1.29, 1.82) is 0 Å². The Morgan fingerprint density at radius 1 is 0.317 bits per heavy atom. The lowest BCUT2D eigenvalue weighted by molar-refractivity contribution is 1.34. The van der Waals surface area contributed by atoms with E-state index >= 15 is 0 Å². The highest BCUT2D eigenvalue weighted by atomic mass is 14.7. The number of aliphatic imine (C=N–C) groups is 2. The Labute approximate surface area is 360 Å². The van der Waals surface area contributed by atoms with Crippen LogP contribution in [0.15, 0.2) is 131 Å². The molecule has 298 valence electrons. The number of nitrogens with zero attached hydrogens (tertiary/aromatic N) is 2. The molecule has 0 N–H and O–H groups in total. The van der Waals surface area contributed by atoms with Crippen LogP contribution in [0.4, 0.5) is 11.4 Å². The van der Waals surface area contributed by atoms with E-state index in [0.29, 0.717) is 0 Å². The summed E-state index contributed by atoms with van der Waals surface area (Å²) >= 11 is 0. The van der Waals surface area contributed by atoms with E-state index in [1.165, 1.54) is 99.5 Å². The molecule has 0 aromatic heterocycles. The van der Waals surface area contributed by atoms with E-state index in [-0.39, 0.29) is 13.4 Å². The minimum absolute atomic E-state index is 0.0747. The monoisotopic (exact) mass is 780 g/mol. The van der Waals surface area contributed by atoms with Gasteiger partial charge < -0.3 is 0 Å². The maximum atomic E-state index is 5.06. The van der Waals surface area contributed by atoms with Gasteiger partial charge in [0.05, 0.1) is 11.4 Å². The molecule has 0 unspecified atom stereocenters. The average molecular weight is 781 g/mol. The van der Waals surface area contributed by atoms with Crippen LogP contribution in [0.2, 0.25) is 0 Å². The summed E-state index contributed by atoms with van der Waals surface area (Å²) in [4.78, 5) is 10.1. The van der Waals surface area contributed by atoms with Crippen molar-refractivity contribution in [2.24, 2.45) is 9.98 Å². The summed E-state index contributed by atoms with van der Waals surface area (Å²) in [6.07, 6.45) is 4.08. The Balaban J connectivity index is 1.23. The first-order valence-electron chi connectivity index (χ1n) is 21.4. The topological polar surface area (TPSA) is 24.7 Å². The Hall–Kier alpha value is -5.99. The van der Waals surface area contributed by atoms with Gasteiger partial charge in [0.25, 0.3) is 0 Å². The van der Waals surface area contributed by atoms with Crippen molar-refractivity contribution in [3.63, 3.8) is 0 Å². The summed E-state index contributed by atoms with van der Waals surface area (Å²) in [6.45, 7) is 27.0. The van der Waals surface area contributed by atoms with Crippen LogP contribution in [-0.2, 0) is 0 Å². The van der Waals surface area contributed by atoms with Crippen LogP contribution in [0, 0.1) is 83.1 Å². The van der Waals surface area contributed by atoms with Crippen LogP contribution < -0.4 is 32.8 Å². The highest BCUT2D eigenvalue weighted by molar-refractivity contribution is 6.97. The van der Waals surface area contributed by atoms with Gasteiger partial charge in [0.15, 0.2) is 0 Å². The molecule has 0 saturated carbocycles. The molecule has 0 heterocycles. The second-order valence-corrected chi connectivity index (χ2v) is 17.4. The van der Waals surface area contributed by atoms with Crippen molar-refractivity contribution < 1.29 is 0 Å². The van der Waals surface area contributed by atoms with E-state index in [1.807, 2.05) is 12.4 Å². The molecule has 60 heavy (non-hydrogen) atoms. The van der Waals surface area contributed by atoms with Crippen LogP contribution in [0.3, 0.4) is 0 Å². The molecular formula is C56H58B2N2. The average Bonchev–Trinajstić information content (AvgIpc) is 3.17. The fourth-order valence-electron chi connectivity index (χ4n) is 10.2. The van der Waals surface area contributed by atoms with Crippen molar-refractivity contribution in [2.75, 3.05) is 0 Å². The second kappa shape index (κ2) is 17.7. The van der Waals surface area contributed by atoms with Crippen molar-refractivity contribution in [3.05, 3.63) is 199 Å². The molecule has 7 aromatic carbocycles. The predicted octanol–water partition coefficient (Wildman–Crippen LogP) is 9.92. The Morgan fingerprint density at radius 2 is 0.550 bits per heavy atom. The minimum Gasteiger partial charge on any atom is -0.256 e. The largest absolute Gasteiger partial charge is 0.256 e. The van der Waals surface area contributed by atoms with Gasteiger partial charge in [-0.25, -0.2) is 0 Å². The van der Waals surface area contributed by atoms with Crippen molar-refractivity contribution in [3.8, 4) is 0 Å². The maximum absolute atomic E-state index is 5.06. The van der Waals surface area contributed by atoms with Gasteiger partial charge in [-0.2, -0.15) is 0 Å². The third kappa shape index (κ3) is 8.80. The highest BCUT2D eigenvalue weighted by Crippen LogP contribution is 2.20. The van der Waals surface area contributed by atoms with Crippen LogP contribution in [0.1, 0.15) is 77.9 Å². The van der Waals surface area contributed by atoms with Crippen LogP contribution in [0.5, 0.6) is 0 Å². The van der Waals surface area contributed by atoms with Gasteiger partial charge in [-0.3, -0.25) is 9.98 Å².